The van der Waals surface area contributed by atoms with E-state index in [1.54, 1.807) is 36.4 Å². The van der Waals surface area contributed by atoms with Gasteiger partial charge in [-0.15, -0.1) is 0 Å². The first kappa shape index (κ1) is 20.9. The molecule has 0 heterocycles. The van der Waals surface area contributed by atoms with E-state index in [1.807, 2.05) is 0 Å². The topological polar surface area (TPSA) is 84.5 Å². The first-order valence-electron chi connectivity index (χ1n) is 9.71. The molecular weight excluding hydrogens is 388 g/mol. The van der Waals surface area contributed by atoms with Crippen LogP contribution in [0.5, 0.6) is 5.75 Å². The second-order valence-corrected chi connectivity index (χ2v) is 8.65. The average Bonchev–Trinajstić information content (AvgIpc) is 2.75. The molecule has 3 rings (SSSR count). The van der Waals surface area contributed by atoms with Crippen LogP contribution in [0.2, 0.25) is 0 Å². The molecule has 0 saturated carbocycles. The molecule has 29 heavy (non-hydrogen) atoms. The van der Waals surface area contributed by atoms with Crippen molar-refractivity contribution in [3.05, 3.63) is 65.7 Å². The smallest absolute Gasteiger partial charge is 0.261 e. The number of carbonyl (C=O) groups is 1. The van der Waals surface area contributed by atoms with Crippen LogP contribution in [0.15, 0.2) is 65.1 Å². The Hall–Kier alpha value is -2.80. The van der Waals surface area contributed by atoms with E-state index in [0.29, 0.717) is 23.5 Å². The quantitative estimate of drug-likeness (QED) is 0.637. The molecule has 0 atom stereocenters. The molecule has 1 aliphatic rings. The summed E-state index contributed by atoms with van der Waals surface area (Å²) in [5.41, 5.74) is 2.31. The van der Waals surface area contributed by atoms with Gasteiger partial charge in [-0.2, -0.15) is 0 Å². The Kier molecular flexibility index (Phi) is 6.93. The lowest BCUT2D eigenvalue weighted by Gasteiger charge is -2.13. The van der Waals surface area contributed by atoms with Crippen molar-refractivity contribution in [3.8, 4) is 5.75 Å². The lowest BCUT2D eigenvalue weighted by Crippen LogP contribution is -2.24. The van der Waals surface area contributed by atoms with Gasteiger partial charge in [-0.1, -0.05) is 11.6 Å². The molecule has 0 aromatic heterocycles. The van der Waals surface area contributed by atoms with E-state index in [-0.39, 0.29) is 10.8 Å². The molecule has 2 aromatic carbocycles. The maximum absolute atomic E-state index is 12.5. The van der Waals surface area contributed by atoms with Gasteiger partial charge in [0, 0.05) is 17.8 Å². The number of nitrogens with one attached hydrogen (secondary N) is 2. The number of rotatable bonds is 8. The summed E-state index contributed by atoms with van der Waals surface area (Å²) in [4.78, 5) is 12.4. The number of hydrogen-bond donors (Lipinski definition) is 2. The summed E-state index contributed by atoms with van der Waals surface area (Å²) >= 11 is 0. The third-order valence-electron chi connectivity index (χ3n) is 4.89. The van der Waals surface area contributed by atoms with Crippen LogP contribution in [-0.2, 0) is 10.0 Å². The van der Waals surface area contributed by atoms with Gasteiger partial charge in [0.1, 0.15) is 5.75 Å². The van der Waals surface area contributed by atoms with E-state index in [9.17, 15) is 13.2 Å². The Bertz CT molecular complexity index is 965. The number of sulfonamides is 1. The van der Waals surface area contributed by atoms with Crippen molar-refractivity contribution in [1.29, 1.82) is 0 Å². The number of allylic oxidation sites excluding steroid dienone is 1. The molecular formula is C22H26N2O4S. The molecule has 2 aromatic rings. The zero-order valence-corrected chi connectivity index (χ0v) is 17.3. The molecule has 0 saturated heterocycles. The fourth-order valence-corrected chi connectivity index (χ4v) is 4.29. The van der Waals surface area contributed by atoms with Crippen molar-refractivity contribution in [2.45, 2.75) is 37.0 Å². The molecule has 0 radical (unpaired) electrons. The van der Waals surface area contributed by atoms with E-state index in [2.05, 4.69) is 16.1 Å². The molecule has 2 N–H and O–H groups in total. The summed E-state index contributed by atoms with van der Waals surface area (Å²) < 4.78 is 32.5. The third-order valence-corrected chi connectivity index (χ3v) is 6.28. The van der Waals surface area contributed by atoms with Gasteiger partial charge in [0.05, 0.1) is 12.0 Å². The fraction of sp³-hybridized carbons (Fsp3) is 0.318. The number of amides is 1. The first-order valence-corrected chi connectivity index (χ1v) is 11.2. The molecule has 1 aliphatic carbocycles. The summed E-state index contributed by atoms with van der Waals surface area (Å²) in [7, 11) is -2.19. The van der Waals surface area contributed by atoms with E-state index in [0.717, 1.165) is 19.3 Å². The lowest BCUT2D eigenvalue weighted by atomic mass is 9.97. The molecule has 0 bridgehead atoms. The predicted octanol–water partition coefficient (Wildman–Crippen LogP) is 4.12. The van der Waals surface area contributed by atoms with Crippen LogP contribution in [0.25, 0.3) is 0 Å². The predicted molar refractivity (Wildman–Crippen MR) is 114 cm³/mol. The zero-order chi connectivity index (χ0) is 20.7. The Labute approximate surface area is 172 Å². The normalized spacial score (nSPS) is 14.0. The number of carbonyl (C=O) groups excluding carboxylic acids is 1. The minimum atomic E-state index is -3.71. The zero-order valence-electron chi connectivity index (χ0n) is 16.5. The summed E-state index contributed by atoms with van der Waals surface area (Å²) in [5.74, 6) is 0.421. The maximum atomic E-state index is 12.5. The third kappa shape index (κ3) is 5.84. The Morgan fingerprint density at radius 2 is 1.76 bits per heavy atom. The van der Waals surface area contributed by atoms with Crippen LogP contribution in [0.4, 0.5) is 5.69 Å². The molecule has 7 heteroatoms. The highest BCUT2D eigenvalue weighted by Crippen LogP contribution is 2.20. The molecule has 0 fully saturated rings. The van der Waals surface area contributed by atoms with Gasteiger partial charge in [0.15, 0.2) is 0 Å². The van der Waals surface area contributed by atoms with Crippen LogP contribution in [0.1, 0.15) is 42.5 Å². The number of methoxy groups -OCH3 is 1. The van der Waals surface area contributed by atoms with Crippen LogP contribution in [0, 0.1) is 0 Å². The summed E-state index contributed by atoms with van der Waals surface area (Å²) in [6, 6.07) is 12.5. The highest BCUT2D eigenvalue weighted by Gasteiger charge is 2.15. The molecule has 1 amide bonds. The van der Waals surface area contributed by atoms with E-state index in [1.165, 1.54) is 37.7 Å². The Morgan fingerprint density at radius 3 is 2.38 bits per heavy atom. The maximum Gasteiger partial charge on any atom is 0.261 e. The van der Waals surface area contributed by atoms with Gasteiger partial charge in [0.2, 0.25) is 0 Å². The number of ether oxygens (including phenoxy) is 1. The summed E-state index contributed by atoms with van der Waals surface area (Å²) in [6.07, 6.45) is 7.90. The Morgan fingerprint density at radius 1 is 1.03 bits per heavy atom. The SMILES string of the molecule is COc1ccc(S(=O)(=O)Nc2ccc(C(=O)NCCC3=CCCCC3)cc2)cc1. The average molecular weight is 415 g/mol. The largest absolute Gasteiger partial charge is 0.497 e. The van der Waals surface area contributed by atoms with Crippen LogP contribution in [-0.4, -0.2) is 28.0 Å². The van der Waals surface area contributed by atoms with Gasteiger partial charge >= 0.3 is 0 Å². The minimum Gasteiger partial charge on any atom is -0.497 e. The van der Waals surface area contributed by atoms with Crippen LogP contribution < -0.4 is 14.8 Å². The van der Waals surface area contributed by atoms with Gasteiger partial charge in [0.25, 0.3) is 15.9 Å². The van der Waals surface area contributed by atoms with E-state index in [4.69, 9.17) is 4.74 Å². The summed E-state index contributed by atoms with van der Waals surface area (Å²) in [5, 5.41) is 2.92. The Balaban J connectivity index is 1.55. The minimum absolute atomic E-state index is 0.136. The summed E-state index contributed by atoms with van der Waals surface area (Å²) in [6.45, 7) is 0.608. The first-order chi connectivity index (χ1) is 14.0. The van der Waals surface area contributed by atoms with Crippen molar-refractivity contribution in [2.24, 2.45) is 0 Å². The second kappa shape index (κ2) is 9.60. The molecule has 0 aliphatic heterocycles. The second-order valence-electron chi connectivity index (χ2n) is 6.97. The molecule has 0 unspecified atom stereocenters. The standard InChI is InChI=1S/C22H26N2O4S/c1-28-20-11-13-21(14-12-20)29(26,27)24-19-9-7-18(8-10-19)22(25)23-16-15-17-5-3-2-4-6-17/h5,7-14,24H,2-4,6,15-16H2,1H3,(H,23,25). The van der Waals surface area contributed by atoms with E-state index >= 15 is 0 Å². The van der Waals surface area contributed by atoms with Crippen LogP contribution >= 0.6 is 0 Å². The van der Waals surface area contributed by atoms with Crippen molar-refractivity contribution in [1.82, 2.24) is 5.32 Å². The number of hydrogen-bond acceptors (Lipinski definition) is 4. The van der Waals surface area contributed by atoms with Crippen LogP contribution in [0.3, 0.4) is 0 Å². The van der Waals surface area contributed by atoms with E-state index < -0.39 is 10.0 Å². The molecule has 6 nitrogen and oxygen atoms in total. The monoisotopic (exact) mass is 414 g/mol. The fourth-order valence-electron chi connectivity index (χ4n) is 3.23. The van der Waals surface area contributed by atoms with Crippen molar-refractivity contribution < 1.29 is 17.9 Å². The molecule has 154 valence electrons. The molecule has 0 spiro atoms. The van der Waals surface area contributed by atoms with Gasteiger partial charge < -0.3 is 10.1 Å². The highest BCUT2D eigenvalue weighted by molar-refractivity contribution is 7.92. The van der Waals surface area contributed by atoms with Crippen molar-refractivity contribution >= 4 is 21.6 Å². The number of anilines is 1. The van der Waals surface area contributed by atoms with Crippen molar-refractivity contribution in [3.63, 3.8) is 0 Å². The lowest BCUT2D eigenvalue weighted by molar-refractivity contribution is 0.0954. The number of benzene rings is 2. The van der Waals surface area contributed by atoms with Gasteiger partial charge in [-0.05, 0) is 80.6 Å². The van der Waals surface area contributed by atoms with Gasteiger partial charge in [-0.3, -0.25) is 9.52 Å². The van der Waals surface area contributed by atoms with Gasteiger partial charge in [-0.25, -0.2) is 8.42 Å². The van der Waals surface area contributed by atoms with Crippen molar-refractivity contribution in [2.75, 3.05) is 18.4 Å². The highest BCUT2D eigenvalue weighted by atomic mass is 32.2.